The topological polar surface area (TPSA) is 54.0 Å². The number of amides is 1. The van der Waals surface area contributed by atoms with Gasteiger partial charge in [0.25, 0.3) is 0 Å². The second-order valence-corrected chi connectivity index (χ2v) is 5.23. The van der Waals surface area contributed by atoms with Gasteiger partial charge >= 0.3 is 0 Å². The van der Waals surface area contributed by atoms with E-state index >= 15 is 0 Å². The van der Waals surface area contributed by atoms with Gasteiger partial charge < -0.3 is 10.6 Å². The molecule has 0 bridgehead atoms. The van der Waals surface area contributed by atoms with Crippen LogP contribution in [0.15, 0.2) is 12.1 Å². The monoisotopic (exact) mass is 251 g/mol. The molecule has 3 rings (SSSR count). The van der Waals surface area contributed by atoms with Gasteiger partial charge in [0.05, 0.1) is 6.04 Å². The molecule has 0 radical (unpaired) electrons. The summed E-state index contributed by atoms with van der Waals surface area (Å²) in [6.07, 6.45) is 2.16. The summed E-state index contributed by atoms with van der Waals surface area (Å²) in [4.78, 5) is 16.1. The largest absolute Gasteiger partial charge is 0.309 e. The molecule has 5 heteroatoms. The van der Waals surface area contributed by atoms with Gasteiger partial charge in [-0.15, -0.1) is 0 Å². The summed E-state index contributed by atoms with van der Waals surface area (Å²) in [5.74, 6) is 1.26. The first-order valence-electron chi connectivity index (χ1n) is 5.83. The maximum absolute atomic E-state index is 12.0. The lowest BCUT2D eigenvalue weighted by molar-refractivity contribution is -0.118. The van der Waals surface area contributed by atoms with Crippen molar-refractivity contribution in [2.75, 3.05) is 5.32 Å². The predicted octanol–water partition coefficient (Wildman–Crippen LogP) is 1.73. The van der Waals surface area contributed by atoms with Crippen LogP contribution in [-0.2, 0) is 4.79 Å². The van der Waals surface area contributed by atoms with Crippen LogP contribution in [0.2, 0.25) is 5.15 Å². The highest BCUT2D eigenvalue weighted by Gasteiger charge is 2.47. The molecule has 1 aliphatic heterocycles. The zero-order valence-corrected chi connectivity index (χ0v) is 10.3. The molecule has 1 saturated heterocycles. The molecule has 2 heterocycles. The zero-order chi connectivity index (χ0) is 12.0. The summed E-state index contributed by atoms with van der Waals surface area (Å²) in [6.45, 7) is 1.90. The van der Waals surface area contributed by atoms with E-state index in [9.17, 15) is 4.79 Å². The Labute approximate surface area is 105 Å². The van der Waals surface area contributed by atoms with Gasteiger partial charge in [0.1, 0.15) is 11.0 Å². The maximum Gasteiger partial charge on any atom is 0.242 e. The van der Waals surface area contributed by atoms with Gasteiger partial charge in [-0.1, -0.05) is 17.7 Å². The van der Waals surface area contributed by atoms with Crippen molar-refractivity contribution in [1.82, 2.24) is 10.3 Å². The Hall–Kier alpha value is -1.13. The Bertz CT molecular complexity index is 467. The number of aromatic nitrogens is 1. The molecule has 0 spiro atoms. The number of nitrogens with one attached hydrogen (secondary N) is 2. The van der Waals surface area contributed by atoms with Crippen molar-refractivity contribution in [2.24, 2.45) is 5.92 Å². The number of piperidine rings is 1. The number of carbonyl (C=O) groups is 1. The Morgan fingerprint density at radius 1 is 1.53 bits per heavy atom. The summed E-state index contributed by atoms with van der Waals surface area (Å²) in [5.41, 5.74) is 0.922. The highest BCUT2D eigenvalue weighted by atomic mass is 35.5. The average Bonchev–Trinajstić information content (AvgIpc) is 2.91. The maximum atomic E-state index is 12.0. The van der Waals surface area contributed by atoms with Crippen LogP contribution in [-0.4, -0.2) is 23.0 Å². The van der Waals surface area contributed by atoms with Crippen molar-refractivity contribution >= 4 is 23.3 Å². The number of aryl methyl sites for hydroxylation is 1. The van der Waals surface area contributed by atoms with E-state index in [4.69, 9.17) is 11.6 Å². The summed E-state index contributed by atoms with van der Waals surface area (Å²) in [6, 6.07) is 4.07. The third-order valence-corrected chi connectivity index (χ3v) is 3.71. The fourth-order valence-corrected chi connectivity index (χ4v) is 2.51. The first-order valence-corrected chi connectivity index (χ1v) is 6.21. The molecular weight excluding hydrogens is 238 g/mol. The lowest BCUT2D eigenvalue weighted by Gasteiger charge is -2.14. The fraction of sp³-hybridized carbons (Fsp3) is 0.500. The molecule has 1 aromatic rings. The molecule has 0 aromatic carbocycles. The van der Waals surface area contributed by atoms with E-state index in [1.165, 1.54) is 6.42 Å². The van der Waals surface area contributed by atoms with Gasteiger partial charge in [-0.05, 0) is 37.3 Å². The van der Waals surface area contributed by atoms with Crippen molar-refractivity contribution in [2.45, 2.75) is 31.8 Å². The van der Waals surface area contributed by atoms with E-state index in [0.29, 0.717) is 22.9 Å². The standard InChI is InChI=1S/C12H14ClN3O/c1-6-2-3-10(13)15-11(6)16-12(17)9-5-7-4-8(7)14-9/h2-3,7-9,14H,4-5H2,1H3,(H,15,16,17). The molecule has 1 amide bonds. The quantitative estimate of drug-likeness (QED) is 0.788. The van der Waals surface area contributed by atoms with Crippen LogP contribution in [0.5, 0.6) is 0 Å². The van der Waals surface area contributed by atoms with Gasteiger partial charge in [0.15, 0.2) is 0 Å². The van der Waals surface area contributed by atoms with Crippen LogP contribution in [0.4, 0.5) is 5.82 Å². The van der Waals surface area contributed by atoms with Gasteiger partial charge in [0.2, 0.25) is 5.91 Å². The number of hydrogen-bond donors (Lipinski definition) is 2. The van der Waals surface area contributed by atoms with Crippen LogP contribution < -0.4 is 10.6 Å². The van der Waals surface area contributed by atoms with E-state index in [-0.39, 0.29) is 11.9 Å². The Balaban J connectivity index is 1.69. The minimum atomic E-state index is -0.0704. The van der Waals surface area contributed by atoms with Crippen molar-refractivity contribution in [3.8, 4) is 0 Å². The lowest BCUT2D eigenvalue weighted by atomic mass is 10.1. The SMILES string of the molecule is Cc1ccc(Cl)nc1NC(=O)C1CC2CC2N1. The smallest absolute Gasteiger partial charge is 0.242 e. The third kappa shape index (κ3) is 2.15. The van der Waals surface area contributed by atoms with Crippen molar-refractivity contribution in [1.29, 1.82) is 0 Å². The third-order valence-electron chi connectivity index (χ3n) is 3.50. The Morgan fingerprint density at radius 3 is 3.06 bits per heavy atom. The molecule has 2 fully saturated rings. The summed E-state index contributed by atoms with van der Waals surface area (Å²) < 4.78 is 0. The first kappa shape index (κ1) is 11.0. The molecule has 3 unspecified atom stereocenters. The minimum Gasteiger partial charge on any atom is -0.309 e. The number of pyridine rings is 1. The molecule has 17 heavy (non-hydrogen) atoms. The molecule has 1 saturated carbocycles. The van der Waals surface area contributed by atoms with Crippen molar-refractivity contribution in [3.05, 3.63) is 22.8 Å². The van der Waals surface area contributed by atoms with E-state index in [1.807, 2.05) is 13.0 Å². The summed E-state index contributed by atoms with van der Waals surface area (Å²) >= 11 is 5.81. The van der Waals surface area contributed by atoms with E-state index in [1.54, 1.807) is 6.07 Å². The molecule has 1 aromatic heterocycles. The second-order valence-electron chi connectivity index (χ2n) is 4.85. The van der Waals surface area contributed by atoms with Gasteiger partial charge in [0, 0.05) is 6.04 Å². The highest BCUT2D eigenvalue weighted by Crippen LogP contribution is 2.40. The molecule has 90 valence electrons. The Morgan fingerprint density at radius 2 is 2.35 bits per heavy atom. The van der Waals surface area contributed by atoms with E-state index in [0.717, 1.165) is 12.0 Å². The molecule has 2 N–H and O–H groups in total. The van der Waals surface area contributed by atoms with Crippen LogP contribution in [0.25, 0.3) is 0 Å². The second kappa shape index (κ2) is 3.96. The van der Waals surface area contributed by atoms with Crippen LogP contribution in [0.1, 0.15) is 18.4 Å². The molecular formula is C12H14ClN3O. The summed E-state index contributed by atoms with van der Waals surface area (Å²) in [7, 11) is 0. The average molecular weight is 252 g/mol. The minimum absolute atomic E-state index is 0.00457. The normalized spacial score (nSPS) is 29.9. The van der Waals surface area contributed by atoms with E-state index in [2.05, 4.69) is 15.6 Å². The number of rotatable bonds is 2. The molecule has 1 aliphatic carbocycles. The van der Waals surface area contributed by atoms with Crippen molar-refractivity contribution in [3.63, 3.8) is 0 Å². The van der Waals surface area contributed by atoms with Crippen LogP contribution >= 0.6 is 11.6 Å². The molecule has 2 aliphatic rings. The zero-order valence-electron chi connectivity index (χ0n) is 9.53. The number of anilines is 1. The lowest BCUT2D eigenvalue weighted by Crippen LogP contribution is -2.38. The fourth-order valence-electron chi connectivity index (χ4n) is 2.36. The van der Waals surface area contributed by atoms with Gasteiger partial charge in [-0.25, -0.2) is 4.98 Å². The number of carbonyl (C=O) groups excluding carboxylic acids is 1. The Kier molecular flexibility index (Phi) is 2.56. The van der Waals surface area contributed by atoms with E-state index < -0.39 is 0 Å². The number of halogens is 1. The van der Waals surface area contributed by atoms with Crippen LogP contribution in [0.3, 0.4) is 0 Å². The van der Waals surface area contributed by atoms with Crippen LogP contribution in [0, 0.1) is 12.8 Å². The molecule has 3 atom stereocenters. The number of hydrogen-bond acceptors (Lipinski definition) is 3. The predicted molar refractivity (Wildman–Crippen MR) is 66.0 cm³/mol. The van der Waals surface area contributed by atoms with Crippen molar-refractivity contribution < 1.29 is 4.79 Å². The molecule has 4 nitrogen and oxygen atoms in total. The number of nitrogens with zero attached hydrogens (tertiary/aromatic N) is 1. The highest BCUT2D eigenvalue weighted by molar-refractivity contribution is 6.29. The van der Waals surface area contributed by atoms with Gasteiger partial charge in [-0.3, -0.25) is 4.79 Å². The first-order chi connectivity index (χ1) is 8.13. The van der Waals surface area contributed by atoms with Gasteiger partial charge in [-0.2, -0.15) is 0 Å². The number of fused-ring (bicyclic) bond motifs is 1. The summed E-state index contributed by atoms with van der Waals surface area (Å²) in [5, 5.41) is 6.54.